The van der Waals surface area contributed by atoms with E-state index in [1.54, 1.807) is 0 Å². The molecule has 0 aliphatic heterocycles. The molecule has 0 fully saturated rings. The van der Waals surface area contributed by atoms with Crippen molar-refractivity contribution in [1.29, 1.82) is 0 Å². The van der Waals surface area contributed by atoms with Crippen molar-refractivity contribution in [3.63, 3.8) is 0 Å². The maximum atomic E-state index is 12.9. The molecule has 6 nitrogen and oxygen atoms in total. The maximum absolute atomic E-state index is 12.9. The topological polar surface area (TPSA) is 78.9 Å². The molecular weight excluding hydrogens is 997 g/mol. The van der Waals surface area contributed by atoms with Crippen LogP contribution in [0.2, 0.25) is 0 Å². The molecule has 0 aromatic carbocycles. The maximum Gasteiger partial charge on any atom is 0.306 e. The van der Waals surface area contributed by atoms with E-state index >= 15 is 0 Å². The highest BCUT2D eigenvalue weighted by molar-refractivity contribution is 5.71. The second kappa shape index (κ2) is 69.9. The largest absolute Gasteiger partial charge is 0.462 e. The zero-order valence-electron chi connectivity index (χ0n) is 54.6. The van der Waals surface area contributed by atoms with Gasteiger partial charge in [0.15, 0.2) is 6.10 Å². The van der Waals surface area contributed by atoms with Crippen LogP contribution < -0.4 is 0 Å². The van der Waals surface area contributed by atoms with Crippen LogP contribution in [-0.4, -0.2) is 37.2 Å². The predicted molar refractivity (Wildman–Crippen MR) is 353 cm³/mol. The molecule has 0 saturated heterocycles. The van der Waals surface area contributed by atoms with Gasteiger partial charge >= 0.3 is 17.9 Å². The number of hydrogen-bond donors (Lipinski definition) is 0. The van der Waals surface area contributed by atoms with Crippen LogP contribution in [0.3, 0.4) is 0 Å². The standard InChI is InChI=1S/C75H138O6/c1-4-7-10-13-16-19-22-25-28-31-32-33-34-35-36-37-38-39-40-41-42-45-47-50-53-56-59-62-65-68-74(77)80-71-72(81-75(78)69-66-63-60-57-54-51-48-44-30-27-24-21-18-15-12-9-6-3)70-79-73(76)67-64-61-58-55-52-49-46-43-29-26-23-20-17-14-11-8-5-2/h9,12,18,21,26-27,29-30,72H,4-8,10-11,13-17,19-20,22-25,28,31-71H2,1-3H3/b12-9-,21-18-,29-26-,30-27-. The Morgan fingerprint density at radius 1 is 0.259 bits per heavy atom. The van der Waals surface area contributed by atoms with E-state index in [1.807, 2.05) is 0 Å². The van der Waals surface area contributed by atoms with Crippen molar-refractivity contribution in [2.75, 3.05) is 13.2 Å². The number of ether oxygens (including phenoxy) is 3. The molecule has 0 rings (SSSR count). The van der Waals surface area contributed by atoms with E-state index in [9.17, 15) is 14.4 Å². The zero-order chi connectivity index (χ0) is 58.5. The van der Waals surface area contributed by atoms with Crippen molar-refractivity contribution >= 4 is 17.9 Å². The van der Waals surface area contributed by atoms with Gasteiger partial charge in [0.25, 0.3) is 0 Å². The van der Waals surface area contributed by atoms with Crippen LogP contribution in [0.25, 0.3) is 0 Å². The highest BCUT2D eigenvalue weighted by Gasteiger charge is 2.19. The molecule has 0 radical (unpaired) electrons. The molecule has 0 saturated carbocycles. The summed E-state index contributed by atoms with van der Waals surface area (Å²) in [5.74, 6) is -0.863. The van der Waals surface area contributed by atoms with E-state index in [2.05, 4.69) is 69.4 Å². The van der Waals surface area contributed by atoms with Gasteiger partial charge in [0.1, 0.15) is 13.2 Å². The molecule has 1 unspecified atom stereocenters. The van der Waals surface area contributed by atoms with Gasteiger partial charge in [-0.05, 0) is 77.0 Å². The quantitative estimate of drug-likeness (QED) is 0.0261. The van der Waals surface area contributed by atoms with Crippen molar-refractivity contribution in [3.05, 3.63) is 48.6 Å². The summed E-state index contributed by atoms with van der Waals surface area (Å²) in [4.78, 5) is 38.5. The molecule has 1 atom stereocenters. The Balaban J connectivity index is 4.22. The molecule has 0 spiro atoms. The summed E-state index contributed by atoms with van der Waals surface area (Å²) in [5, 5.41) is 0. The fourth-order valence-corrected chi connectivity index (χ4v) is 10.9. The average molecular weight is 1140 g/mol. The van der Waals surface area contributed by atoms with E-state index in [4.69, 9.17) is 14.2 Å². The second-order valence-electron chi connectivity index (χ2n) is 24.5. The van der Waals surface area contributed by atoms with Gasteiger partial charge in [0.05, 0.1) is 0 Å². The number of carbonyl (C=O) groups is 3. The molecule has 0 bridgehead atoms. The summed E-state index contributed by atoms with van der Waals surface area (Å²) in [6.07, 6.45) is 88.7. The molecule has 0 aliphatic rings. The van der Waals surface area contributed by atoms with Crippen LogP contribution >= 0.6 is 0 Å². The molecule has 81 heavy (non-hydrogen) atoms. The molecule has 0 aromatic rings. The molecule has 0 heterocycles. The van der Waals surface area contributed by atoms with Crippen molar-refractivity contribution in [3.8, 4) is 0 Å². The van der Waals surface area contributed by atoms with Gasteiger partial charge in [-0.3, -0.25) is 14.4 Å². The lowest BCUT2D eigenvalue weighted by Crippen LogP contribution is -2.30. The molecule has 0 N–H and O–H groups in total. The lowest BCUT2D eigenvalue weighted by atomic mass is 10.0. The Morgan fingerprint density at radius 2 is 0.481 bits per heavy atom. The lowest BCUT2D eigenvalue weighted by molar-refractivity contribution is -0.167. The predicted octanol–water partition coefficient (Wildman–Crippen LogP) is 24.9. The van der Waals surface area contributed by atoms with Gasteiger partial charge < -0.3 is 14.2 Å². The van der Waals surface area contributed by atoms with Gasteiger partial charge in [-0.25, -0.2) is 0 Å². The first-order valence-electron chi connectivity index (χ1n) is 36.1. The molecule has 0 aromatic heterocycles. The van der Waals surface area contributed by atoms with E-state index in [1.165, 1.54) is 270 Å². The van der Waals surface area contributed by atoms with E-state index in [-0.39, 0.29) is 31.1 Å². The monoisotopic (exact) mass is 1140 g/mol. The van der Waals surface area contributed by atoms with Gasteiger partial charge in [0.2, 0.25) is 0 Å². The van der Waals surface area contributed by atoms with Crippen LogP contribution in [-0.2, 0) is 28.6 Å². The first kappa shape index (κ1) is 78.4. The number of esters is 3. The Kier molecular flexibility index (Phi) is 67.6. The van der Waals surface area contributed by atoms with Crippen LogP contribution in [0.5, 0.6) is 0 Å². The number of rotatable bonds is 67. The molecule has 474 valence electrons. The van der Waals surface area contributed by atoms with E-state index in [0.717, 1.165) is 83.5 Å². The zero-order valence-corrected chi connectivity index (χ0v) is 54.6. The second-order valence-corrected chi connectivity index (χ2v) is 24.5. The van der Waals surface area contributed by atoms with Crippen molar-refractivity contribution in [2.24, 2.45) is 0 Å². The van der Waals surface area contributed by atoms with Crippen LogP contribution in [0.15, 0.2) is 48.6 Å². The normalized spacial score (nSPS) is 12.3. The molecule has 0 aliphatic carbocycles. The fourth-order valence-electron chi connectivity index (χ4n) is 10.9. The minimum Gasteiger partial charge on any atom is -0.462 e. The summed E-state index contributed by atoms with van der Waals surface area (Å²) >= 11 is 0. The fraction of sp³-hybridized carbons (Fsp3) is 0.853. The number of carbonyl (C=O) groups excluding carboxylic acids is 3. The lowest BCUT2D eigenvalue weighted by Gasteiger charge is -2.18. The van der Waals surface area contributed by atoms with Gasteiger partial charge in [0, 0.05) is 19.3 Å². The van der Waals surface area contributed by atoms with Gasteiger partial charge in [-0.15, -0.1) is 0 Å². The van der Waals surface area contributed by atoms with Crippen molar-refractivity contribution in [1.82, 2.24) is 0 Å². The summed E-state index contributed by atoms with van der Waals surface area (Å²) in [6, 6.07) is 0. The minimum absolute atomic E-state index is 0.0745. The summed E-state index contributed by atoms with van der Waals surface area (Å²) in [7, 11) is 0. The smallest absolute Gasteiger partial charge is 0.306 e. The average Bonchev–Trinajstić information content (AvgIpc) is 3.47. The first-order chi connectivity index (χ1) is 40.0. The SMILES string of the molecule is CC/C=C\C/C=C\C/C=C\CCCCCCCCCC(=O)OC(COC(=O)CCCCCCCCC/C=C\CCCCCCCC)COC(=O)CCCCCCCCCCCCCCCCCCCCCCCCCCCCCCC. The summed E-state index contributed by atoms with van der Waals surface area (Å²) < 4.78 is 17.0. The Labute approximate surface area is 505 Å². The minimum atomic E-state index is -0.780. The highest BCUT2D eigenvalue weighted by atomic mass is 16.6. The van der Waals surface area contributed by atoms with Crippen LogP contribution in [0, 0.1) is 0 Å². The van der Waals surface area contributed by atoms with E-state index < -0.39 is 6.10 Å². The van der Waals surface area contributed by atoms with Crippen molar-refractivity contribution < 1.29 is 28.6 Å². The third-order valence-electron chi connectivity index (χ3n) is 16.3. The highest BCUT2D eigenvalue weighted by Crippen LogP contribution is 2.19. The van der Waals surface area contributed by atoms with Crippen LogP contribution in [0.1, 0.15) is 393 Å². The number of unbranched alkanes of at least 4 members (excludes halogenated alkanes) is 48. The number of allylic oxidation sites excluding steroid dienone is 8. The Hall–Kier alpha value is -2.63. The van der Waals surface area contributed by atoms with E-state index in [0.29, 0.717) is 19.3 Å². The van der Waals surface area contributed by atoms with Gasteiger partial charge in [-0.1, -0.05) is 345 Å². The Morgan fingerprint density at radius 3 is 0.765 bits per heavy atom. The molecular formula is C75H138O6. The number of hydrogen-bond acceptors (Lipinski definition) is 6. The van der Waals surface area contributed by atoms with Crippen LogP contribution in [0.4, 0.5) is 0 Å². The van der Waals surface area contributed by atoms with Crippen molar-refractivity contribution in [2.45, 2.75) is 399 Å². The first-order valence-corrected chi connectivity index (χ1v) is 36.1. The van der Waals surface area contributed by atoms with Gasteiger partial charge in [-0.2, -0.15) is 0 Å². The third-order valence-corrected chi connectivity index (χ3v) is 16.3. The molecule has 0 amide bonds. The summed E-state index contributed by atoms with van der Waals surface area (Å²) in [5.41, 5.74) is 0. The third kappa shape index (κ3) is 68.0. The Bertz CT molecular complexity index is 1400. The summed E-state index contributed by atoms with van der Waals surface area (Å²) in [6.45, 7) is 6.59. The molecule has 6 heteroatoms.